The van der Waals surface area contributed by atoms with Gasteiger partial charge in [0.15, 0.2) is 5.76 Å². The van der Waals surface area contributed by atoms with E-state index in [1.807, 2.05) is 0 Å². The van der Waals surface area contributed by atoms with Crippen LogP contribution in [0.2, 0.25) is 0 Å². The van der Waals surface area contributed by atoms with Crippen molar-refractivity contribution in [2.24, 2.45) is 5.10 Å². The highest BCUT2D eigenvalue weighted by molar-refractivity contribution is 7.87. The first-order valence-corrected chi connectivity index (χ1v) is 9.42. The molecule has 0 aliphatic heterocycles. The van der Waals surface area contributed by atoms with Gasteiger partial charge in [-0.2, -0.15) is 13.5 Å². The number of non-ortho nitro benzene ring substituents is 1. The molecule has 1 N–H and O–H groups in total. The van der Waals surface area contributed by atoms with Gasteiger partial charge in [-0.15, -0.1) is 0 Å². The molecule has 0 saturated heterocycles. The van der Waals surface area contributed by atoms with Crippen LogP contribution in [0.4, 0.5) is 5.69 Å². The molecular weight excluding hydrogens is 402 g/mol. The summed E-state index contributed by atoms with van der Waals surface area (Å²) in [6.45, 7) is 0. The van der Waals surface area contributed by atoms with Crippen molar-refractivity contribution in [2.75, 3.05) is 0 Å². The second kappa shape index (κ2) is 8.35. The molecule has 10 nitrogen and oxygen atoms in total. The zero-order valence-corrected chi connectivity index (χ0v) is 15.4. The summed E-state index contributed by atoms with van der Waals surface area (Å²) in [4.78, 5) is 21.5. The van der Waals surface area contributed by atoms with Crippen molar-refractivity contribution in [1.82, 2.24) is 5.43 Å². The first kappa shape index (κ1) is 19.8. The Bertz CT molecular complexity index is 1170. The molecule has 3 rings (SSSR count). The van der Waals surface area contributed by atoms with E-state index in [4.69, 9.17) is 8.60 Å². The Hall–Kier alpha value is -3.99. The maximum absolute atomic E-state index is 12.4. The summed E-state index contributed by atoms with van der Waals surface area (Å²) in [5, 5.41) is 14.6. The molecular formula is C18H13N3O7S. The van der Waals surface area contributed by atoms with E-state index in [2.05, 4.69) is 10.5 Å². The molecule has 11 heteroatoms. The SMILES string of the molecule is O=C(N/N=C\c1cccc(OS(=O)(=O)c2cccc([N+](=O)[O-])c2)c1)c1ccco1. The van der Waals surface area contributed by atoms with E-state index in [1.165, 1.54) is 54.9 Å². The van der Waals surface area contributed by atoms with Gasteiger partial charge in [0.1, 0.15) is 10.6 Å². The Labute approximate surface area is 164 Å². The summed E-state index contributed by atoms with van der Waals surface area (Å²) >= 11 is 0. The summed E-state index contributed by atoms with van der Waals surface area (Å²) in [6, 6.07) is 13.4. The average molecular weight is 415 g/mol. The quantitative estimate of drug-likeness (QED) is 0.271. The lowest BCUT2D eigenvalue weighted by Crippen LogP contribution is -2.16. The molecule has 1 heterocycles. The number of nitro benzene ring substituents is 1. The minimum Gasteiger partial charge on any atom is -0.459 e. The monoisotopic (exact) mass is 415 g/mol. The van der Waals surface area contributed by atoms with E-state index in [9.17, 15) is 23.3 Å². The standard InChI is InChI=1S/C18H13N3O7S/c22-18(17-8-3-9-27-17)20-19-12-13-4-1-6-15(10-13)28-29(25,26)16-7-2-5-14(11-16)21(23)24/h1-12H,(H,20,22)/b19-12-. The zero-order chi connectivity index (χ0) is 20.9. The Kier molecular flexibility index (Phi) is 5.69. The Morgan fingerprint density at radius 3 is 2.66 bits per heavy atom. The van der Waals surface area contributed by atoms with Crippen LogP contribution in [0, 0.1) is 10.1 Å². The maximum Gasteiger partial charge on any atom is 0.339 e. The van der Waals surface area contributed by atoms with Gasteiger partial charge in [0.2, 0.25) is 0 Å². The minimum absolute atomic E-state index is 0.0298. The van der Waals surface area contributed by atoms with E-state index >= 15 is 0 Å². The van der Waals surface area contributed by atoms with Gasteiger partial charge >= 0.3 is 16.0 Å². The fourth-order valence-electron chi connectivity index (χ4n) is 2.20. The molecule has 0 spiro atoms. The molecule has 29 heavy (non-hydrogen) atoms. The van der Waals surface area contributed by atoms with Crippen molar-refractivity contribution < 1.29 is 26.7 Å². The molecule has 0 unspecified atom stereocenters. The van der Waals surface area contributed by atoms with Crippen LogP contribution in [0.25, 0.3) is 0 Å². The Morgan fingerprint density at radius 1 is 1.14 bits per heavy atom. The van der Waals surface area contributed by atoms with E-state index in [1.54, 1.807) is 12.1 Å². The van der Waals surface area contributed by atoms with Gasteiger partial charge in [0, 0.05) is 12.1 Å². The number of hydrazone groups is 1. The highest BCUT2D eigenvalue weighted by Crippen LogP contribution is 2.22. The molecule has 0 atom stereocenters. The van der Waals surface area contributed by atoms with Gasteiger partial charge in [-0.1, -0.05) is 18.2 Å². The van der Waals surface area contributed by atoms with Crippen molar-refractivity contribution in [3.63, 3.8) is 0 Å². The van der Waals surface area contributed by atoms with E-state index in [-0.39, 0.29) is 22.1 Å². The summed E-state index contributed by atoms with van der Waals surface area (Å²) in [5.74, 6) is -0.494. The van der Waals surface area contributed by atoms with Crippen molar-refractivity contribution in [3.8, 4) is 5.75 Å². The third-order valence-electron chi connectivity index (χ3n) is 3.51. The topological polar surface area (TPSA) is 141 Å². The molecule has 0 fully saturated rings. The lowest BCUT2D eigenvalue weighted by Gasteiger charge is -2.07. The molecule has 0 radical (unpaired) electrons. The highest BCUT2D eigenvalue weighted by atomic mass is 32.2. The van der Waals surface area contributed by atoms with Crippen LogP contribution >= 0.6 is 0 Å². The summed E-state index contributed by atoms with van der Waals surface area (Å²) in [6.07, 6.45) is 2.63. The summed E-state index contributed by atoms with van der Waals surface area (Å²) in [5.41, 5.74) is 2.33. The van der Waals surface area contributed by atoms with Crippen molar-refractivity contribution >= 4 is 27.9 Å². The molecule has 0 saturated carbocycles. The fraction of sp³-hybridized carbons (Fsp3) is 0. The molecule has 148 valence electrons. The van der Waals surface area contributed by atoms with Gasteiger partial charge < -0.3 is 8.60 Å². The van der Waals surface area contributed by atoms with Crippen LogP contribution in [0.5, 0.6) is 5.75 Å². The predicted molar refractivity (Wildman–Crippen MR) is 101 cm³/mol. The normalized spacial score (nSPS) is 11.3. The molecule has 2 aromatic carbocycles. The second-order valence-electron chi connectivity index (χ2n) is 5.54. The number of nitrogens with one attached hydrogen (secondary N) is 1. The molecule has 1 aromatic heterocycles. The number of amides is 1. The number of benzene rings is 2. The Morgan fingerprint density at radius 2 is 1.93 bits per heavy atom. The number of hydrogen-bond acceptors (Lipinski definition) is 8. The van der Waals surface area contributed by atoms with Gasteiger partial charge in [-0.05, 0) is 35.9 Å². The largest absolute Gasteiger partial charge is 0.459 e. The molecule has 1 amide bonds. The van der Waals surface area contributed by atoms with Crippen LogP contribution in [-0.4, -0.2) is 25.5 Å². The van der Waals surface area contributed by atoms with E-state index < -0.39 is 20.9 Å². The number of furan rings is 1. The van der Waals surface area contributed by atoms with Crippen LogP contribution in [0.3, 0.4) is 0 Å². The number of nitrogens with zero attached hydrogens (tertiary/aromatic N) is 2. The van der Waals surface area contributed by atoms with Crippen molar-refractivity contribution in [2.45, 2.75) is 4.90 Å². The minimum atomic E-state index is -4.28. The fourth-order valence-corrected chi connectivity index (χ4v) is 3.17. The van der Waals surface area contributed by atoms with E-state index in [0.29, 0.717) is 5.56 Å². The zero-order valence-electron chi connectivity index (χ0n) is 14.6. The maximum atomic E-state index is 12.4. The number of carbonyl (C=O) groups excluding carboxylic acids is 1. The third kappa shape index (κ3) is 5.05. The molecule has 0 bridgehead atoms. The van der Waals surface area contributed by atoms with Crippen LogP contribution in [-0.2, 0) is 10.1 Å². The second-order valence-corrected chi connectivity index (χ2v) is 7.09. The predicted octanol–water partition coefficient (Wildman–Crippen LogP) is 2.72. The molecule has 0 aliphatic carbocycles. The van der Waals surface area contributed by atoms with Gasteiger partial charge in [-0.3, -0.25) is 14.9 Å². The first-order valence-electron chi connectivity index (χ1n) is 8.01. The number of rotatable bonds is 7. The molecule has 3 aromatic rings. The molecule has 0 aliphatic rings. The van der Waals surface area contributed by atoms with Crippen LogP contribution in [0.15, 0.2) is 81.3 Å². The number of hydrogen-bond donors (Lipinski definition) is 1. The van der Waals surface area contributed by atoms with Crippen molar-refractivity contribution in [3.05, 3.63) is 88.4 Å². The van der Waals surface area contributed by atoms with Gasteiger partial charge in [0.25, 0.3) is 5.69 Å². The van der Waals surface area contributed by atoms with Gasteiger partial charge in [-0.25, -0.2) is 5.43 Å². The van der Waals surface area contributed by atoms with Gasteiger partial charge in [0.05, 0.1) is 17.4 Å². The first-order chi connectivity index (χ1) is 13.8. The summed E-state index contributed by atoms with van der Waals surface area (Å²) < 4.78 is 34.7. The van der Waals surface area contributed by atoms with Crippen LogP contribution in [0.1, 0.15) is 16.1 Å². The van der Waals surface area contributed by atoms with E-state index in [0.717, 1.165) is 6.07 Å². The van der Waals surface area contributed by atoms with Crippen LogP contribution < -0.4 is 9.61 Å². The number of carbonyl (C=O) groups is 1. The lowest BCUT2D eigenvalue weighted by atomic mass is 10.2. The summed E-state index contributed by atoms with van der Waals surface area (Å²) in [7, 11) is -4.28. The number of nitro groups is 1. The Balaban J connectivity index is 1.72. The third-order valence-corrected chi connectivity index (χ3v) is 4.75. The lowest BCUT2D eigenvalue weighted by molar-refractivity contribution is -0.385. The van der Waals surface area contributed by atoms with Crippen molar-refractivity contribution in [1.29, 1.82) is 0 Å². The average Bonchev–Trinajstić information content (AvgIpc) is 3.23. The highest BCUT2D eigenvalue weighted by Gasteiger charge is 2.20. The smallest absolute Gasteiger partial charge is 0.339 e.